The number of likely N-dealkylation sites (tertiary alicyclic amines) is 2. The largest absolute Gasteiger partial charge is 0.481 e. The van der Waals surface area contributed by atoms with Crippen LogP contribution in [0.25, 0.3) is 11.0 Å². The highest BCUT2D eigenvalue weighted by Crippen LogP contribution is 2.26. The predicted molar refractivity (Wildman–Crippen MR) is 90.3 cm³/mol. The summed E-state index contributed by atoms with van der Waals surface area (Å²) in [5.41, 5.74) is 1.71. The van der Waals surface area contributed by atoms with Gasteiger partial charge in [0.1, 0.15) is 11.0 Å². The van der Waals surface area contributed by atoms with Crippen molar-refractivity contribution in [2.24, 2.45) is 5.92 Å². The van der Waals surface area contributed by atoms with Crippen LogP contribution in [-0.4, -0.2) is 73.8 Å². The number of aromatic amines is 1. The second kappa shape index (κ2) is 6.40. The summed E-state index contributed by atoms with van der Waals surface area (Å²) in [4.78, 5) is 39.5. The zero-order valence-corrected chi connectivity index (χ0v) is 14.1. The molecule has 1 unspecified atom stereocenters. The molecule has 2 N–H and O–H groups in total. The average Bonchev–Trinajstić information content (AvgIpc) is 3.27. The van der Waals surface area contributed by atoms with Crippen molar-refractivity contribution in [3.63, 3.8) is 0 Å². The lowest BCUT2D eigenvalue weighted by Crippen LogP contribution is -2.47. The van der Waals surface area contributed by atoms with Gasteiger partial charge in [-0.15, -0.1) is 0 Å². The van der Waals surface area contributed by atoms with Gasteiger partial charge in [-0.3, -0.25) is 14.4 Å². The molecule has 2 amide bonds. The van der Waals surface area contributed by atoms with E-state index >= 15 is 0 Å². The highest BCUT2D eigenvalue weighted by Gasteiger charge is 2.39. The van der Waals surface area contributed by atoms with E-state index in [1.807, 2.05) is 0 Å². The first-order chi connectivity index (χ1) is 12.5. The number of carbonyl (C=O) groups is 3. The summed E-state index contributed by atoms with van der Waals surface area (Å²) in [6, 6.07) is 5.30. The van der Waals surface area contributed by atoms with Crippen molar-refractivity contribution in [2.75, 3.05) is 19.6 Å². The number of para-hydroxylation sites is 1. The van der Waals surface area contributed by atoms with Gasteiger partial charge >= 0.3 is 5.97 Å². The Labute approximate surface area is 148 Å². The molecule has 0 saturated carbocycles. The fourth-order valence-electron chi connectivity index (χ4n) is 3.84. The van der Waals surface area contributed by atoms with E-state index in [9.17, 15) is 14.4 Å². The summed E-state index contributed by atoms with van der Waals surface area (Å²) in [7, 11) is 0. The smallest absolute Gasteiger partial charge is 0.308 e. The number of nitrogens with one attached hydrogen (secondary N) is 1. The zero-order chi connectivity index (χ0) is 18.3. The van der Waals surface area contributed by atoms with Gasteiger partial charge in [0.05, 0.1) is 11.5 Å². The van der Waals surface area contributed by atoms with E-state index in [1.54, 1.807) is 28.0 Å². The van der Waals surface area contributed by atoms with Crippen LogP contribution in [0.15, 0.2) is 18.2 Å². The van der Waals surface area contributed by atoms with Crippen LogP contribution >= 0.6 is 0 Å². The van der Waals surface area contributed by atoms with E-state index in [0.717, 1.165) is 0 Å². The second-order valence-corrected chi connectivity index (χ2v) is 6.81. The zero-order valence-electron chi connectivity index (χ0n) is 14.1. The van der Waals surface area contributed by atoms with Crippen LogP contribution in [-0.2, 0) is 9.59 Å². The predicted octanol–water partition coefficient (Wildman–Crippen LogP) is 0.496. The molecule has 0 spiro atoms. The summed E-state index contributed by atoms with van der Waals surface area (Å²) in [6.45, 7) is 1.32. The van der Waals surface area contributed by atoms with Crippen molar-refractivity contribution < 1.29 is 19.5 Å². The number of piperidine rings is 1. The maximum absolute atomic E-state index is 12.8. The summed E-state index contributed by atoms with van der Waals surface area (Å²) in [5.74, 6) is -1.74. The van der Waals surface area contributed by atoms with Gasteiger partial charge in [-0.1, -0.05) is 6.07 Å². The first kappa shape index (κ1) is 16.5. The number of amides is 2. The van der Waals surface area contributed by atoms with E-state index in [4.69, 9.17) is 5.11 Å². The number of benzene rings is 1. The Morgan fingerprint density at radius 1 is 1.19 bits per heavy atom. The lowest BCUT2D eigenvalue weighted by molar-refractivity contribution is -0.141. The summed E-state index contributed by atoms with van der Waals surface area (Å²) in [5, 5.41) is 19.7. The maximum atomic E-state index is 12.8. The van der Waals surface area contributed by atoms with E-state index in [0.29, 0.717) is 42.5 Å². The number of nitrogens with zero attached hydrogens (tertiary/aromatic N) is 4. The molecule has 1 aromatic heterocycles. The Balaban J connectivity index is 1.42. The molecule has 0 radical (unpaired) electrons. The standard InChI is InChI=1S/C17H19N5O4/c23-14-8-10(17(25)26)9-22(14)11-4-6-21(7-5-11)16(24)12-2-1-3-13-15(12)19-20-18-13/h1-3,10-11H,4-9H2,(H,25,26)(H,18,19,20). The van der Waals surface area contributed by atoms with E-state index in [2.05, 4.69) is 15.4 Å². The third kappa shape index (κ3) is 2.79. The summed E-state index contributed by atoms with van der Waals surface area (Å²) >= 11 is 0. The number of aliphatic carboxylic acids is 1. The molecule has 3 heterocycles. The summed E-state index contributed by atoms with van der Waals surface area (Å²) < 4.78 is 0. The highest BCUT2D eigenvalue weighted by atomic mass is 16.4. The number of fused-ring (bicyclic) bond motifs is 1. The van der Waals surface area contributed by atoms with Gasteiger partial charge in [0.2, 0.25) is 5.91 Å². The minimum atomic E-state index is -0.922. The molecule has 2 saturated heterocycles. The Morgan fingerprint density at radius 3 is 2.65 bits per heavy atom. The van der Waals surface area contributed by atoms with Crippen LogP contribution in [0.4, 0.5) is 0 Å². The van der Waals surface area contributed by atoms with Gasteiger partial charge < -0.3 is 14.9 Å². The lowest BCUT2D eigenvalue weighted by atomic mass is 10.0. The monoisotopic (exact) mass is 357 g/mol. The summed E-state index contributed by atoms with van der Waals surface area (Å²) in [6.07, 6.45) is 1.37. The minimum absolute atomic E-state index is 0.00116. The van der Waals surface area contributed by atoms with Crippen molar-refractivity contribution >= 4 is 28.8 Å². The Bertz CT molecular complexity index is 871. The Hall–Kier alpha value is -2.97. The molecule has 2 aliphatic heterocycles. The van der Waals surface area contributed by atoms with E-state index in [1.165, 1.54) is 0 Å². The molecule has 2 aliphatic rings. The van der Waals surface area contributed by atoms with Crippen LogP contribution in [0, 0.1) is 5.92 Å². The van der Waals surface area contributed by atoms with Crippen LogP contribution in [0.5, 0.6) is 0 Å². The van der Waals surface area contributed by atoms with Crippen molar-refractivity contribution in [1.29, 1.82) is 0 Å². The molecule has 0 bridgehead atoms. The van der Waals surface area contributed by atoms with Crippen LogP contribution < -0.4 is 0 Å². The number of carboxylic acid groups (broad SMARTS) is 1. The fourth-order valence-corrected chi connectivity index (χ4v) is 3.84. The SMILES string of the molecule is O=C(O)C1CC(=O)N(C2CCN(C(=O)c3cccc4n[nH]nc34)CC2)C1. The van der Waals surface area contributed by atoms with Gasteiger partial charge in [-0.25, -0.2) is 0 Å². The molecular weight excluding hydrogens is 338 g/mol. The average molecular weight is 357 g/mol. The molecule has 136 valence electrons. The molecule has 2 aromatic rings. The minimum Gasteiger partial charge on any atom is -0.481 e. The van der Waals surface area contributed by atoms with E-state index < -0.39 is 11.9 Å². The molecular formula is C17H19N5O4. The number of hydrogen-bond acceptors (Lipinski definition) is 5. The second-order valence-electron chi connectivity index (χ2n) is 6.81. The maximum Gasteiger partial charge on any atom is 0.308 e. The third-order valence-corrected chi connectivity index (χ3v) is 5.28. The van der Waals surface area contributed by atoms with Crippen LogP contribution in [0.3, 0.4) is 0 Å². The molecule has 2 fully saturated rings. The van der Waals surface area contributed by atoms with Crippen molar-refractivity contribution in [3.8, 4) is 0 Å². The van der Waals surface area contributed by atoms with Gasteiger partial charge in [0, 0.05) is 32.1 Å². The van der Waals surface area contributed by atoms with Crippen molar-refractivity contribution in [2.45, 2.75) is 25.3 Å². The van der Waals surface area contributed by atoms with Gasteiger partial charge in [-0.05, 0) is 25.0 Å². The van der Waals surface area contributed by atoms with Crippen molar-refractivity contribution in [1.82, 2.24) is 25.2 Å². The van der Waals surface area contributed by atoms with Gasteiger partial charge in [-0.2, -0.15) is 15.4 Å². The number of H-pyrrole nitrogens is 1. The molecule has 9 heteroatoms. The van der Waals surface area contributed by atoms with Crippen LogP contribution in [0.2, 0.25) is 0 Å². The van der Waals surface area contributed by atoms with E-state index in [-0.39, 0.29) is 30.8 Å². The van der Waals surface area contributed by atoms with Gasteiger partial charge in [0.25, 0.3) is 5.91 Å². The first-order valence-electron chi connectivity index (χ1n) is 8.65. The molecule has 4 rings (SSSR count). The highest BCUT2D eigenvalue weighted by molar-refractivity contribution is 6.04. The number of rotatable bonds is 3. The third-order valence-electron chi connectivity index (χ3n) is 5.28. The Kier molecular flexibility index (Phi) is 4.06. The van der Waals surface area contributed by atoms with Gasteiger partial charge in [0.15, 0.2) is 0 Å². The molecule has 1 aromatic carbocycles. The quantitative estimate of drug-likeness (QED) is 0.825. The number of carboxylic acids is 1. The lowest BCUT2D eigenvalue weighted by Gasteiger charge is -2.36. The van der Waals surface area contributed by atoms with Crippen LogP contribution in [0.1, 0.15) is 29.6 Å². The fraction of sp³-hybridized carbons (Fsp3) is 0.471. The van der Waals surface area contributed by atoms with Crippen molar-refractivity contribution in [3.05, 3.63) is 23.8 Å². The first-order valence-corrected chi connectivity index (χ1v) is 8.65. The normalized spacial score (nSPS) is 21.5. The molecule has 26 heavy (non-hydrogen) atoms. The number of aromatic nitrogens is 3. The molecule has 1 atom stereocenters. The number of carbonyl (C=O) groups excluding carboxylic acids is 2. The molecule has 9 nitrogen and oxygen atoms in total. The molecule has 0 aliphatic carbocycles. The topological polar surface area (TPSA) is 119 Å². The Morgan fingerprint density at radius 2 is 1.96 bits per heavy atom. The number of hydrogen-bond donors (Lipinski definition) is 2.